The molecule has 17 heavy (non-hydrogen) atoms. The molecule has 0 saturated heterocycles. The van der Waals surface area contributed by atoms with Crippen molar-refractivity contribution in [3.05, 3.63) is 0 Å². The van der Waals surface area contributed by atoms with Gasteiger partial charge in [0.2, 0.25) is 0 Å². The third kappa shape index (κ3) is 7.92. The number of unbranched alkanes of at least 4 members (excludes halogenated alkanes) is 3. The molecule has 3 nitrogen and oxygen atoms in total. The van der Waals surface area contributed by atoms with Crippen LogP contribution in [0.1, 0.15) is 60.3 Å². The summed E-state index contributed by atoms with van der Waals surface area (Å²) in [6.45, 7) is 10.4. The molecule has 0 aromatic heterocycles. The third-order valence-corrected chi connectivity index (χ3v) is 5.73. The molecule has 0 aliphatic heterocycles. The predicted molar refractivity (Wildman–Crippen MR) is 74.2 cm³/mol. The zero-order valence-electron chi connectivity index (χ0n) is 12.4. The number of hydrogen-bond acceptors (Lipinski definition) is 3. The lowest BCUT2D eigenvalue weighted by atomic mass is 10.2. The van der Waals surface area contributed by atoms with Crippen molar-refractivity contribution < 1.29 is 13.3 Å². The van der Waals surface area contributed by atoms with Gasteiger partial charge in [0.1, 0.15) is 0 Å². The number of rotatable bonds is 10. The summed E-state index contributed by atoms with van der Waals surface area (Å²) in [7, 11) is -0.727. The quantitative estimate of drug-likeness (QED) is 0.440. The summed E-state index contributed by atoms with van der Waals surface area (Å²) in [5, 5.41) is 0. The van der Waals surface area contributed by atoms with Gasteiger partial charge in [-0.2, -0.15) is 0 Å². The predicted octanol–water partition coefficient (Wildman–Crippen LogP) is 4.00. The molecule has 0 spiro atoms. The minimum absolute atomic E-state index is 0.159. The van der Waals surface area contributed by atoms with Gasteiger partial charge in [-0.25, -0.2) is 0 Å². The van der Waals surface area contributed by atoms with Crippen LogP contribution in [-0.2, 0) is 13.3 Å². The molecule has 0 N–H and O–H groups in total. The van der Waals surface area contributed by atoms with Gasteiger partial charge >= 0.3 is 8.80 Å². The fourth-order valence-electron chi connectivity index (χ4n) is 1.83. The second-order valence-corrected chi connectivity index (χ2v) is 7.78. The maximum Gasteiger partial charge on any atom is 0.501 e. The Morgan fingerprint density at radius 3 is 1.76 bits per heavy atom. The molecule has 104 valence electrons. The van der Waals surface area contributed by atoms with E-state index in [1.807, 2.05) is 27.7 Å². The van der Waals surface area contributed by atoms with E-state index in [1.165, 1.54) is 19.3 Å². The van der Waals surface area contributed by atoms with Crippen LogP contribution in [0.25, 0.3) is 0 Å². The first kappa shape index (κ1) is 17.1. The van der Waals surface area contributed by atoms with Crippen LogP contribution in [-0.4, -0.2) is 28.1 Å². The SMILES string of the molecule is CCCCCC[Si](OC)(OC(C)C)OC(C)C. The van der Waals surface area contributed by atoms with Crippen LogP contribution in [0.5, 0.6) is 0 Å². The molecule has 0 rings (SSSR count). The van der Waals surface area contributed by atoms with E-state index in [4.69, 9.17) is 13.3 Å². The first-order valence-electron chi connectivity index (χ1n) is 6.86. The molecule has 0 heterocycles. The summed E-state index contributed by atoms with van der Waals surface area (Å²) in [5.41, 5.74) is 0. The molecule has 0 aliphatic carbocycles. The largest absolute Gasteiger partial charge is 0.501 e. The van der Waals surface area contributed by atoms with Gasteiger partial charge in [0.15, 0.2) is 0 Å². The van der Waals surface area contributed by atoms with Gasteiger partial charge in [-0.05, 0) is 34.1 Å². The maximum atomic E-state index is 5.97. The molecule has 0 radical (unpaired) electrons. The van der Waals surface area contributed by atoms with Crippen LogP contribution in [0.4, 0.5) is 0 Å². The van der Waals surface area contributed by atoms with Crippen molar-refractivity contribution in [3.63, 3.8) is 0 Å². The van der Waals surface area contributed by atoms with Gasteiger partial charge in [0.05, 0.1) is 0 Å². The standard InChI is InChI=1S/C13H30O3Si/c1-7-8-9-10-11-17(14-6,15-12(2)3)16-13(4)5/h12-13H,7-11H2,1-6H3. The Hall–Kier alpha value is 0.0969. The van der Waals surface area contributed by atoms with Crippen LogP contribution in [0.3, 0.4) is 0 Å². The molecule has 0 aliphatic rings. The topological polar surface area (TPSA) is 27.7 Å². The van der Waals surface area contributed by atoms with Crippen LogP contribution >= 0.6 is 0 Å². The second kappa shape index (κ2) is 9.08. The first-order chi connectivity index (χ1) is 7.95. The molecule has 4 heteroatoms. The van der Waals surface area contributed by atoms with E-state index in [-0.39, 0.29) is 12.2 Å². The van der Waals surface area contributed by atoms with E-state index in [0.29, 0.717) is 0 Å². The van der Waals surface area contributed by atoms with Gasteiger partial charge in [-0.1, -0.05) is 26.2 Å². The summed E-state index contributed by atoms with van der Waals surface area (Å²) >= 11 is 0. The molecule has 0 atom stereocenters. The highest BCUT2D eigenvalue weighted by Crippen LogP contribution is 2.22. The molecular formula is C13H30O3Si. The molecular weight excluding hydrogens is 232 g/mol. The molecule has 0 saturated carbocycles. The Labute approximate surface area is 108 Å². The van der Waals surface area contributed by atoms with Gasteiger partial charge in [-0.3, -0.25) is 0 Å². The lowest BCUT2D eigenvalue weighted by molar-refractivity contribution is 0.0323. The molecule has 0 unspecified atom stereocenters. The molecule has 0 bridgehead atoms. The third-order valence-electron chi connectivity index (χ3n) is 2.48. The Morgan fingerprint density at radius 2 is 1.41 bits per heavy atom. The fraction of sp³-hybridized carbons (Fsp3) is 1.00. The summed E-state index contributed by atoms with van der Waals surface area (Å²) in [6, 6.07) is 0.930. The van der Waals surface area contributed by atoms with E-state index in [1.54, 1.807) is 7.11 Å². The van der Waals surface area contributed by atoms with Gasteiger partial charge in [-0.15, -0.1) is 0 Å². The molecule has 0 fully saturated rings. The fourth-order valence-corrected chi connectivity index (χ4v) is 4.64. The van der Waals surface area contributed by atoms with Crippen molar-refractivity contribution in [2.75, 3.05) is 7.11 Å². The maximum absolute atomic E-state index is 5.97. The van der Waals surface area contributed by atoms with Crippen molar-refractivity contribution in [2.24, 2.45) is 0 Å². The lowest BCUT2D eigenvalue weighted by Crippen LogP contribution is -2.48. The average molecular weight is 262 g/mol. The van der Waals surface area contributed by atoms with Gasteiger partial charge in [0.25, 0.3) is 0 Å². The normalized spacial score (nSPS) is 12.7. The van der Waals surface area contributed by atoms with Gasteiger partial charge < -0.3 is 13.3 Å². The lowest BCUT2D eigenvalue weighted by Gasteiger charge is -2.31. The summed E-state index contributed by atoms with van der Waals surface area (Å²) in [4.78, 5) is 0. The Balaban J connectivity index is 4.33. The zero-order valence-corrected chi connectivity index (χ0v) is 13.4. The van der Waals surface area contributed by atoms with Crippen molar-refractivity contribution in [3.8, 4) is 0 Å². The summed E-state index contributed by atoms with van der Waals surface area (Å²) < 4.78 is 17.6. The Morgan fingerprint density at radius 1 is 0.882 bits per heavy atom. The van der Waals surface area contributed by atoms with Crippen molar-refractivity contribution >= 4 is 8.80 Å². The van der Waals surface area contributed by atoms with Crippen LogP contribution < -0.4 is 0 Å². The average Bonchev–Trinajstić information content (AvgIpc) is 2.22. The monoisotopic (exact) mass is 262 g/mol. The molecule has 0 amide bonds. The van der Waals surface area contributed by atoms with E-state index < -0.39 is 8.80 Å². The van der Waals surface area contributed by atoms with E-state index in [0.717, 1.165) is 12.5 Å². The highest BCUT2D eigenvalue weighted by molar-refractivity contribution is 6.60. The Kier molecular flexibility index (Phi) is 9.14. The van der Waals surface area contributed by atoms with Crippen LogP contribution in [0.15, 0.2) is 0 Å². The second-order valence-electron chi connectivity index (χ2n) is 5.03. The minimum atomic E-state index is -2.45. The minimum Gasteiger partial charge on any atom is -0.377 e. The summed E-state index contributed by atoms with van der Waals surface area (Å²) in [6.07, 6.45) is 5.21. The van der Waals surface area contributed by atoms with E-state index >= 15 is 0 Å². The highest BCUT2D eigenvalue weighted by atomic mass is 28.4. The Bertz CT molecular complexity index is 174. The van der Waals surface area contributed by atoms with Crippen LogP contribution in [0.2, 0.25) is 6.04 Å². The molecule has 0 aromatic carbocycles. The van der Waals surface area contributed by atoms with Gasteiger partial charge in [0, 0.05) is 25.4 Å². The zero-order chi connectivity index (χ0) is 13.3. The molecule has 0 aromatic rings. The smallest absolute Gasteiger partial charge is 0.377 e. The van der Waals surface area contributed by atoms with Crippen LogP contribution in [0, 0.1) is 0 Å². The number of hydrogen-bond donors (Lipinski definition) is 0. The van der Waals surface area contributed by atoms with Crippen molar-refractivity contribution in [1.29, 1.82) is 0 Å². The highest BCUT2D eigenvalue weighted by Gasteiger charge is 2.41. The van der Waals surface area contributed by atoms with Crippen molar-refractivity contribution in [1.82, 2.24) is 0 Å². The first-order valence-corrected chi connectivity index (χ1v) is 8.79. The van der Waals surface area contributed by atoms with E-state index in [2.05, 4.69) is 6.92 Å². The van der Waals surface area contributed by atoms with E-state index in [9.17, 15) is 0 Å². The summed E-state index contributed by atoms with van der Waals surface area (Å²) in [5.74, 6) is 0. The van der Waals surface area contributed by atoms with Crippen molar-refractivity contribution in [2.45, 2.75) is 78.6 Å².